The number of carbonyl (C=O) groups is 1. The number of ether oxygens (including phenoxy) is 2. The van der Waals surface area contributed by atoms with Crippen molar-refractivity contribution in [3.05, 3.63) is 112 Å². The summed E-state index contributed by atoms with van der Waals surface area (Å²) in [7, 11) is 0. The number of esters is 1. The molecule has 3 rings (SSSR count). The van der Waals surface area contributed by atoms with Gasteiger partial charge in [-0.3, -0.25) is 4.79 Å². The number of allylic oxidation sites excluding steroid dienone is 13. The number of aliphatic hydroxyl groups is 2. The predicted octanol–water partition coefficient (Wildman–Crippen LogP) is 9.29. The zero-order valence-corrected chi connectivity index (χ0v) is 30.6. The van der Waals surface area contributed by atoms with E-state index in [2.05, 4.69) is 104 Å². The van der Waals surface area contributed by atoms with E-state index in [1.54, 1.807) is 6.92 Å². The van der Waals surface area contributed by atoms with Crippen molar-refractivity contribution in [2.45, 2.75) is 131 Å². The van der Waals surface area contributed by atoms with Gasteiger partial charge in [-0.2, -0.15) is 0 Å². The minimum Gasteiger partial charge on any atom is -0.462 e. The highest BCUT2D eigenvalue weighted by Gasteiger charge is 2.50. The zero-order chi connectivity index (χ0) is 35.2. The Hall–Kier alpha value is -3.21. The molecule has 0 spiro atoms. The quantitative estimate of drug-likeness (QED) is 0.113. The van der Waals surface area contributed by atoms with Gasteiger partial charge in [0.2, 0.25) is 0 Å². The molecule has 0 aromatic carbocycles. The van der Waals surface area contributed by atoms with Crippen LogP contribution in [-0.4, -0.2) is 45.7 Å². The molecule has 0 amide bonds. The van der Waals surface area contributed by atoms with Gasteiger partial charge in [0.1, 0.15) is 6.10 Å². The van der Waals surface area contributed by atoms with Crippen molar-refractivity contribution < 1.29 is 24.5 Å². The summed E-state index contributed by atoms with van der Waals surface area (Å²) in [4.78, 5) is 11.5. The fraction of sp³-hybridized carbons (Fsp3) is 0.524. The first-order valence-corrected chi connectivity index (χ1v) is 16.9. The molecule has 256 valence electrons. The summed E-state index contributed by atoms with van der Waals surface area (Å²) in [6.45, 7) is 22.1. The molecule has 5 heteroatoms. The molecule has 47 heavy (non-hydrogen) atoms. The van der Waals surface area contributed by atoms with E-state index in [1.165, 1.54) is 12.5 Å². The van der Waals surface area contributed by atoms with Crippen molar-refractivity contribution in [2.75, 3.05) is 0 Å². The number of hydrogen-bond donors (Lipinski definition) is 2. The van der Waals surface area contributed by atoms with E-state index >= 15 is 0 Å². The van der Waals surface area contributed by atoms with Crippen LogP contribution in [0.3, 0.4) is 0 Å². The summed E-state index contributed by atoms with van der Waals surface area (Å²) in [5.41, 5.74) is 8.03. The number of hydrogen-bond acceptors (Lipinski definition) is 5. The molecule has 5 atom stereocenters. The average Bonchev–Trinajstić information content (AvgIpc) is 3.27. The SMILES string of the molecule is CC(=O)O[C@H]1CC(C)(C)C(=C=C/C(C)=C/C=C/C(C)=C/C=C/C=C(C)/C=C/C=C(\C)[C@@H]2C=C3C(C)(C)C[C@@H](O)C[C@@]3(C)O2)[C@@](C)(O)C1. The first kappa shape index (κ1) is 38.2. The highest BCUT2D eigenvalue weighted by atomic mass is 16.5. The number of carbonyl (C=O) groups excluding carboxylic acids is 1. The van der Waals surface area contributed by atoms with Crippen LogP contribution in [0.1, 0.15) is 102 Å². The van der Waals surface area contributed by atoms with Gasteiger partial charge < -0.3 is 19.7 Å². The minimum absolute atomic E-state index is 0.0621. The molecule has 5 nitrogen and oxygen atoms in total. The molecule has 0 saturated heterocycles. The van der Waals surface area contributed by atoms with Gasteiger partial charge in [-0.05, 0) is 94.1 Å². The summed E-state index contributed by atoms with van der Waals surface area (Å²) in [5, 5.41) is 21.5. The maximum absolute atomic E-state index is 11.5. The van der Waals surface area contributed by atoms with Crippen LogP contribution in [0.5, 0.6) is 0 Å². The van der Waals surface area contributed by atoms with Crippen molar-refractivity contribution in [2.24, 2.45) is 10.8 Å². The molecule has 3 aliphatic rings. The average molecular weight is 643 g/mol. The van der Waals surface area contributed by atoms with Gasteiger partial charge in [0, 0.05) is 25.3 Å². The molecular weight excluding hydrogens is 584 g/mol. The maximum Gasteiger partial charge on any atom is 0.302 e. The van der Waals surface area contributed by atoms with Crippen LogP contribution in [0.15, 0.2) is 112 Å². The molecule has 0 unspecified atom stereocenters. The van der Waals surface area contributed by atoms with Crippen LogP contribution in [0.4, 0.5) is 0 Å². The second kappa shape index (κ2) is 15.3. The van der Waals surface area contributed by atoms with E-state index in [0.717, 1.165) is 34.3 Å². The highest BCUT2D eigenvalue weighted by Crippen LogP contribution is 2.52. The standard InChI is InChI=1S/C42H58O5/c1-29(18-14-19-31(3)22-23-37-40(8,9)27-35(46-33(5)43)28-41(37,10)45)16-12-13-17-30(2)20-15-21-32(4)36-24-38-39(6,7)25-34(44)26-42(38,11)47-36/h12-22,24,34-36,44-45H,25-28H2,1-11H3/b13-12+,18-14+,20-15+,29-16+,30-17+,31-19+,32-21+/t23?,34-,35+,36+,41+,42-/m1/s1. The Bertz CT molecular complexity index is 1470. The Morgan fingerprint density at radius 1 is 0.809 bits per heavy atom. The third kappa shape index (κ3) is 10.6. The summed E-state index contributed by atoms with van der Waals surface area (Å²) < 4.78 is 11.9. The highest BCUT2D eigenvalue weighted by molar-refractivity contribution is 5.66. The van der Waals surface area contributed by atoms with Crippen molar-refractivity contribution in [3.63, 3.8) is 0 Å². The Morgan fingerprint density at radius 2 is 1.38 bits per heavy atom. The van der Waals surface area contributed by atoms with Gasteiger partial charge in [0.05, 0.1) is 23.4 Å². The van der Waals surface area contributed by atoms with Crippen molar-refractivity contribution in [1.82, 2.24) is 0 Å². The molecule has 0 aromatic heterocycles. The molecule has 0 bridgehead atoms. The Morgan fingerprint density at radius 3 is 1.96 bits per heavy atom. The van der Waals surface area contributed by atoms with Crippen LogP contribution >= 0.6 is 0 Å². The molecule has 2 N–H and O–H groups in total. The number of rotatable bonds is 9. The van der Waals surface area contributed by atoms with Gasteiger partial charge in [-0.15, -0.1) is 5.73 Å². The van der Waals surface area contributed by atoms with Crippen LogP contribution in [0, 0.1) is 10.8 Å². The Labute approximate surface area is 284 Å². The van der Waals surface area contributed by atoms with E-state index in [0.29, 0.717) is 19.3 Å². The zero-order valence-electron chi connectivity index (χ0n) is 30.6. The molecule has 1 aliphatic heterocycles. The van der Waals surface area contributed by atoms with E-state index in [9.17, 15) is 15.0 Å². The molecular formula is C42H58O5. The first-order valence-electron chi connectivity index (χ1n) is 16.9. The predicted molar refractivity (Wildman–Crippen MR) is 194 cm³/mol. The van der Waals surface area contributed by atoms with E-state index in [1.807, 2.05) is 37.3 Å². The molecule has 2 fully saturated rings. The van der Waals surface area contributed by atoms with Crippen LogP contribution in [-0.2, 0) is 14.3 Å². The molecule has 2 aliphatic carbocycles. The lowest BCUT2D eigenvalue weighted by molar-refractivity contribution is -0.152. The van der Waals surface area contributed by atoms with E-state index in [4.69, 9.17) is 9.47 Å². The van der Waals surface area contributed by atoms with Crippen molar-refractivity contribution in [1.29, 1.82) is 0 Å². The maximum atomic E-state index is 11.5. The second-order valence-corrected chi connectivity index (χ2v) is 15.5. The van der Waals surface area contributed by atoms with Crippen LogP contribution in [0.2, 0.25) is 0 Å². The summed E-state index contributed by atoms with van der Waals surface area (Å²) in [5.74, 6) is -0.318. The summed E-state index contributed by atoms with van der Waals surface area (Å²) in [6, 6.07) is 0. The smallest absolute Gasteiger partial charge is 0.302 e. The Balaban J connectivity index is 1.56. The van der Waals surface area contributed by atoms with Crippen LogP contribution in [0.25, 0.3) is 0 Å². The lowest BCUT2D eigenvalue weighted by Gasteiger charge is -2.44. The molecule has 0 radical (unpaired) electrons. The van der Waals surface area contributed by atoms with Gasteiger partial charge in [0.15, 0.2) is 0 Å². The monoisotopic (exact) mass is 642 g/mol. The molecule has 2 saturated carbocycles. The molecule has 1 heterocycles. The van der Waals surface area contributed by atoms with Gasteiger partial charge in [0.25, 0.3) is 0 Å². The molecule has 0 aromatic rings. The minimum atomic E-state index is -1.10. The summed E-state index contributed by atoms with van der Waals surface area (Å²) >= 11 is 0. The fourth-order valence-corrected chi connectivity index (χ4v) is 7.49. The van der Waals surface area contributed by atoms with E-state index < -0.39 is 11.2 Å². The normalized spacial score (nSPS) is 31.7. The van der Waals surface area contributed by atoms with Crippen molar-refractivity contribution in [3.8, 4) is 0 Å². The number of fused-ring (bicyclic) bond motifs is 1. The topological polar surface area (TPSA) is 76.0 Å². The van der Waals surface area contributed by atoms with E-state index in [-0.39, 0.29) is 35.1 Å². The largest absolute Gasteiger partial charge is 0.462 e. The van der Waals surface area contributed by atoms with Crippen molar-refractivity contribution >= 4 is 5.97 Å². The third-order valence-electron chi connectivity index (χ3n) is 9.44. The van der Waals surface area contributed by atoms with Gasteiger partial charge in [-0.1, -0.05) is 99.6 Å². The van der Waals surface area contributed by atoms with Gasteiger partial charge in [-0.25, -0.2) is 0 Å². The first-order chi connectivity index (χ1) is 21.7. The summed E-state index contributed by atoms with van der Waals surface area (Å²) in [6.07, 6.45) is 26.5. The number of aliphatic hydroxyl groups excluding tert-OH is 1. The second-order valence-electron chi connectivity index (χ2n) is 15.5. The fourth-order valence-electron chi connectivity index (χ4n) is 7.49. The van der Waals surface area contributed by atoms with Gasteiger partial charge >= 0.3 is 5.97 Å². The lowest BCUT2D eigenvalue weighted by atomic mass is 9.65. The lowest BCUT2D eigenvalue weighted by Crippen LogP contribution is -2.46. The third-order valence-corrected chi connectivity index (χ3v) is 9.44. The Kier molecular flexibility index (Phi) is 12.5. The van der Waals surface area contributed by atoms with Crippen LogP contribution < -0.4 is 0 Å².